The van der Waals surface area contributed by atoms with Crippen LogP contribution < -0.4 is 9.47 Å². The number of benzene rings is 3. The zero-order valence-electron chi connectivity index (χ0n) is 17.5. The van der Waals surface area contributed by atoms with Crippen LogP contribution in [0.4, 0.5) is 0 Å². The van der Waals surface area contributed by atoms with Crippen molar-refractivity contribution >= 4 is 62.2 Å². The summed E-state index contributed by atoms with van der Waals surface area (Å²) in [6.07, 6.45) is 1.76. The number of ether oxygens (including phenoxy) is 2. The minimum absolute atomic E-state index is 0.141. The molecule has 0 unspecified atom stereocenters. The highest BCUT2D eigenvalue weighted by atomic mass is 79.9. The number of methoxy groups -OCH3 is 1. The highest BCUT2D eigenvalue weighted by Gasteiger charge is 2.32. The van der Waals surface area contributed by atoms with Gasteiger partial charge < -0.3 is 9.47 Å². The van der Waals surface area contributed by atoms with E-state index in [-0.39, 0.29) is 11.7 Å². The van der Waals surface area contributed by atoms with Crippen molar-refractivity contribution in [1.82, 2.24) is 4.90 Å². The van der Waals surface area contributed by atoms with Gasteiger partial charge in [0.25, 0.3) is 5.91 Å². The summed E-state index contributed by atoms with van der Waals surface area (Å²) < 4.78 is 12.1. The Kier molecular flexibility index (Phi) is 7.27. The lowest BCUT2D eigenvalue weighted by Crippen LogP contribution is -2.27. The lowest BCUT2D eigenvalue weighted by Gasteiger charge is -2.14. The Balaban J connectivity index is 1.53. The molecule has 0 aromatic heterocycles. The van der Waals surface area contributed by atoms with Crippen molar-refractivity contribution in [2.24, 2.45) is 0 Å². The van der Waals surface area contributed by atoms with Gasteiger partial charge in [0.05, 0.1) is 24.1 Å². The van der Waals surface area contributed by atoms with Crippen LogP contribution in [0.2, 0.25) is 0 Å². The van der Waals surface area contributed by atoms with Crippen molar-refractivity contribution < 1.29 is 19.1 Å². The van der Waals surface area contributed by atoms with Gasteiger partial charge in [-0.25, -0.2) is 4.79 Å². The first-order chi connectivity index (χ1) is 16.0. The first-order valence-electron chi connectivity index (χ1n) is 9.90. The van der Waals surface area contributed by atoms with Gasteiger partial charge in [0.15, 0.2) is 11.5 Å². The summed E-state index contributed by atoms with van der Waals surface area (Å²) in [5, 5.41) is 0. The van der Waals surface area contributed by atoms with Crippen molar-refractivity contribution in [3.05, 3.63) is 98.9 Å². The average molecular weight is 540 g/mol. The highest BCUT2D eigenvalue weighted by Crippen LogP contribution is 2.36. The third-order valence-electron chi connectivity index (χ3n) is 4.84. The van der Waals surface area contributed by atoms with Crippen LogP contribution in [0, 0.1) is 0 Å². The van der Waals surface area contributed by atoms with E-state index in [9.17, 15) is 9.59 Å². The fourth-order valence-corrected chi connectivity index (χ4v) is 4.90. The Morgan fingerprint density at radius 2 is 1.79 bits per heavy atom. The molecule has 0 spiro atoms. The van der Waals surface area contributed by atoms with E-state index >= 15 is 0 Å². The van der Waals surface area contributed by atoms with E-state index < -0.39 is 5.97 Å². The molecule has 1 aliphatic rings. The number of thiocarbonyl (C=S) groups is 1. The molecule has 1 fully saturated rings. The summed E-state index contributed by atoms with van der Waals surface area (Å²) in [4.78, 5) is 27.6. The lowest BCUT2D eigenvalue weighted by atomic mass is 10.1. The van der Waals surface area contributed by atoms with Crippen LogP contribution in [-0.2, 0) is 11.3 Å². The number of esters is 1. The van der Waals surface area contributed by atoms with Gasteiger partial charge in [-0.15, -0.1) is 0 Å². The maximum absolute atomic E-state index is 12.9. The molecule has 0 N–H and O–H groups in total. The molecule has 4 rings (SSSR count). The van der Waals surface area contributed by atoms with Gasteiger partial charge >= 0.3 is 5.97 Å². The van der Waals surface area contributed by atoms with E-state index in [0.29, 0.717) is 31.6 Å². The monoisotopic (exact) mass is 539 g/mol. The maximum atomic E-state index is 12.9. The number of halogens is 1. The third-order valence-corrected chi connectivity index (χ3v) is 6.91. The number of nitrogens with zero attached hydrogens (tertiary/aromatic N) is 1. The maximum Gasteiger partial charge on any atom is 0.344 e. The zero-order chi connectivity index (χ0) is 23.4. The zero-order valence-corrected chi connectivity index (χ0v) is 20.7. The van der Waals surface area contributed by atoms with E-state index in [1.165, 1.54) is 18.9 Å². The molecule has 33 heavy (non-hydrogen) atoms. The average Bonchev–Trinajstić information content (AvgIpc) is 3.08. The van der Waals surface area contributed by atoms with Crippen LogP contribution in [0.5, 0.6) is 11.5 Å². The van der Waals surface area contributed by atoms with Crippen LogP contribution >= 0.6 is 39.9 Å². The molecule has 5 nitrogen and oxygen atoms in total. The third kappa shape index (κ3) is 5.35. The summed E-state index contributed by atoms with van der Waals surface area (Å²) in [5.41, 5.74) is 2.14. The van der Waals surface area contributed by atoms with Crippen molar-refractivity contribution in [1.29, 1.82) is 0 Å². The van der Waals surface area contributed by atoms with Gasteiger partial charge in [0.2, 0.25) is 0 Å². The van der Waals surface area contributed by atoms with Gasteiger partial charge in [-0.3, -0.25) is 9.69 Å². The SMILES string of the molecule is COc1cc(/C=C2\SC(=S)N(Cc3ccccc3)C2=O)ccc1OC(=O)c1ccccc1Br. The molecular weight excluding hydrogens is 522 g/mol. The smallest absolute Gasteiger partial charge is 0.344 e. The van der Waals surface area contributed by atoms with Gasteiger partial charge in [-0.05, 0) is 57.4 Å². The van der Waals surface area contributed by atoms with Gasteiger partial charge in [0, 0.05) is 4.47 Å². The largest absolute Gasteiger partial charge is 0.493 e. The van der Waals surface area contributed by atoms with Gasteiger partial charge in [-0.2, -0.15) is 0 Å². The Bertz CT molecular complexity index is 1260. The molecule has 166 valence electrons. The molecule has 0 bridgehead atoms. The predicted molar refractivity (Wildman–Crippen MR) is 137 cm³/mol. The van der Waals surface area contributed by atoms with E-state index in [4.69, 9.17) is 21.7 Å². The predicted octanol–water partition coefficient (Wildman–Crippen LogP) is 6.08. The molecule has 1 saturated heterocycles. The van der Waals surface area contributed by atoms with Crippen LogP contribution in [0.15, 0.2) is 82.2 Å². The van der Waals surface area contributed by atoms with Gasteiger partial charge in [-0.1, -0.05) is 72.5 Å². The van der Waals surface area contributed by atoms with Crippen molar-refractivity contribution in [2.45, 2.75) is 6.54 Å². The molecule has 0 aliphatic carbocycles. The summed E-state index contributed by atoms with van der Waals surface area (Å²) in [6.45, 7) is 0.427. The number of hydrogen-bond acceptors (Lipinski definition) is 6. The van der Waals surface area contributed by atoms with Crippen LogP contribution in [-0.4, -0.2) is 28.2 Å². The van der Waals surface area contributed by atoms with E-state index in [2.05, 4.69) is 15.9 Å². The molecular formula is C25H18BrNO4S2. The number of hydrogen-bond donors (Lipinski definition) is 0. The highest BCUT2D eigenvalue weighted by molar-refractivity contribution is 9.10. The fraction of sp³-hybridized carbons (Fsp3) is 0.0800. The van der Waals surface area contributed by atoms with Gasteiger partial charge in [0.1, 0.15) is 4.32 Å². The van der Waals surface area contributed by atoms with Crippen molar-refractivity contribution in [2.75, 3.05) is 7.11 Å². The van der Waals surface area contributed by atoms with Crippen LogP contribution in [0.3, 0.4) is 0 Å². The second-order valence-electron chi connectivity index (χ2n) is 7.03. The standard InChI is InChI=1S/C25H18BrNO4S2/c1-30-21-13-17(11-12-20(21)31-24(29)18-9-5-6-10-19(18)26)14-22-23(28)27(25(32)33-22)15-16-7-3-2-4-8-16/h2-14H,15H2,1H3/b22-14-. The summed E-state index contributed by atoms with van der Waals surface area (Å²) in [7, 11) is 1.49. The normalized spacial score (nSPS) is 14.6. The number of thioether (sulfide) groups is 1. The lowest BCUT2D eigenvalue weighted by molar-refractivity contribution is -0.122. The van der Waals surface area contributed by atoms with E-state index in [1.54, 1.807) is 47.4 Å². The first-order valence-corrected chi connectivity index (χ1v) is 11.9. The number of carbonyl (C=O) groups excluding carboxylic acids is 2. The van der Waals surface area contributed by atoms with Crippen molar-refractivity contribution in [3.63, 3.8) is 0 Å². The molecule has 0 atom stereocenters. The van der Waals surface area contributed by atoms with E-state index in [1.807, 2.05) is 36.4 Å². The molecule has 3 aromatic carbocycles. The minimum atomic E-state index is -0.504. The molecule has 1 heterocycles. The molecule has 3 aromatic rings. The quantitative estimate of drug-likeness (QED) is 0.164. The second-order valence-corrected chi connectivity index (χ2v) is 9.56. The topological polar surface area (TPSA) is 55.8 Å². The molecule has 1 aliphatic heterocycles. The molecule has 1 amide bonds. The number of carbonyl (C=O) groups is 2. The summed E-state index contributed by atoms with van der Waals surface area (Å²) in [5.74, 6) is 0.0171. The van der Waals surface area contributed by atoms with Crippen LogP contribution in [0.25, 0.3) is 6.08 Å². The minimum Gasteiger partial charge on any atom is -0.493 e. The first kappa shape index (κ1) is 23.2. The fourth-order valence-electron chi connectivity index (χ4n) is 3.19. The summed E-state index contributed by atoms with van der Waals surface area (Å²) >= 11 is 10.0. The second kappa shape index (κ2) is 10.3. The molecule has 0 radical (unpaired) electrons. The Labute approximate surface area is 209 Å². The molecule has 0 saturated carbocycles. The van der Waals surface area contributed by atoms with E-state index in [0.717, 1.165) is 11.1 Å². The Morgan fingerprint density at radius 3 is 2.52 bits per heavy atom. The Hall–Kier alpha value is -2.94. The number of rotatable bonds is 6. The molecule has 8 heteroatoms. The number of amides is 1. The van der Waals surface area contributed by atoms with Crippen LogP contribution in [0.1, 0.15) is 21.5 Å². The summed E-state index contributed by atoms with van der Waals surface area (Å²) in [6, 6.07) is 21.8. The van der Waals surface area contributed by atoms with Crippen molar-refractivity contribution in [3.8, 4) is 11.5 Å². The Morgan fingerprint density at radius 1 is 1.06 bits per heavy atom.